The van der Waals surface area contributed by atoms with Crippen molar-refractivity contribution in [2.45, 2.75) is 6.54 Å². The summed E-state index contributed by atoms with van der Waals surface area (Å²) in [5.41, 5.74) is 9.05. The minimum atomic E-state index is -0.0164. The Bertz CT molecular complexity index is 716. The molecule has 3 N–H and O–H groups in total. The predicted molar refractivity (Wildman–Crippen MR) is 86.2 cm³/mol. The van der Waals surface area contributed by atoms with Gasteiger partial charge in [0.2, 0.25) is 5.91 Å². The van der Waals surface area contributed by atoms with Crippen LogP contribution in [0.4, 0.5) is 11.4 Å². The van der Waals surface area contributed by atoms with Crippen molar-refractivity contribution in [2.24, 2.45) is 5.73 Å². The van der Waals surface area contributed by atoms with Crippen LogP contribution in [-0.2, 0) is 11.3 Å². The summed E-state index contributed by atoms with van der Waals surface area (Å²) in [6, 6.07) is 11.5. The molecule has 1 aliphatic heterocycles. The Kier molecular flexibility index (Phi) is 3.53. The summed E-state index contributed by atoms with van der Waals surface area (Å²) in [4.78, 5) is 18.2. The number of hydrogen-bond acceptors (Lipinski definition) is 4. The van der Waals surface area contributed by atoms with Gasteiger partial charge in [-0.2, -0.15) is 0 Å². The van der Waals surface area contributed by atoms with Gasteiger partial charge < -0.3 is 16.0 Å². The van der Waals surface area contributed by atoms with Crippen LogP contribution in [0.1, 0.15) is 11.3 Å². The average molecular weight is 298 g/mol. The quantitative estimate of drug-likeness (QED) is 0.844. The van der Waals surface area contributed by atoms with E-state index < -0.39 is 0 Å². The maximum Gasteiger partial charge on any atom is 0.243 e. The number of rotatable bonds is 3. The van der Waals surface area contributed by atoms with Crippen molar-refractivity contribution in [3.05, 3.63) is 53.9 Å². The van der Waals surface area contributed by atoms with Gasteiger partial charge in [0.25, 0.3) is 0 Å². The standard InChI is InChI=1S/C15H14N4OS/c16-15(21)12-7-10(5-6-17-12)8-19-9-14(20)18-11-3-1-2-4-13(11)19/h1-7H,8-9H2,(H2,16,21)(H,18,20). The second-order valence-electron chi connectivity index (χ2n) is 4.83. The Labute approximate surface area is 127 Å². The molecule has 5 nitrogen and oxygen atoms in total. The monoisotopic (exact) mass is 298 g/mol. The number of thiocarbonyl (C=S) groups is 1. The van der Waals surface area contributed by atoms with Crippen LogP contribution in [0, 0.1) is 0 Å². The summed E-state index contributed by atoms with van der Waals surface area (Å²) in [7, 11) is 0. The van der Waals surface area contributed by atoms with Gasteiger partial charge in [0.1, 0.15) is 4.99 Å². The summed E-state index contributed by atoms with van der Waals surface area (Å²) in [6.45, 7) is 0.921. The lowest BCUT2D eigenvalue weighted by molar-refractivity contribution is -0.115. The first-order valence-corrected chi connectivity index (χ1v) is 6.93. The number of anilines is 2. The number of fused-ring (bicyclic) bond motifs is 1. The Hall–Kier alpha value is -2.47. The number of carbonyl (C=O) groups excluding carboxylic acids is 1. The molecule has 1 aliphatic rings. The molecule has 3 rings (SSSR count). The van der Waals surface area contributed by atoms with Crippen LogP contribution in [0.25, 0.3) is 0 Å². The van der Waals surface area contributed by atoms with E-state index in [0.29, 0.717) is 18.8 Å². The third-order valence-corrected chi connectivity index (χ3v) is 3.51. The molecule has 1 aromatic heterocycles. The average Bonchev–Trinajstić information content (AvgIpc) is 2.47. The molecule has 0 bridgehead atoms. The van der Waals surface area contributed by atoms with Crippen molar-refractivity contribution < 1.29 is 4.79 Å². The molecule has 0 unspecified atom stereocenters. The van der Waals surface area contributed by atoms with Gasteiger partial charge in [-0.15, -0.1) is 0 Å². The zero-order valence-corrected chi connectivity index (χ0v) is 12.1. The Morgan fingerprint density at radius 1 is 1.38 bits per heavy atom. The molecule has 0 saturated heterocycles. The van der Waals surface area contributed by atoms with Crippen molar-refractivity contribution in [3.8, 4) is 0 Å². The number of carbonyl (C=O) groups is 1. The van der Waals surface area contributed by atoms with Crippen LogP contribution in [-0.4, -0.2) is 22.4 Å². The summed E-state index contributed by atoms with van der Waals surface area (Å²) in [5.74, 6) is -0.0164. The molecule has 0 spiro atoms. The van der Waals surface area contributed by atoms with Gasteiger partial charge >= 0.3 is 0 Å². The van der Waals surface area contributed by atoms with Gasteiger partial charge in [-0.25, -0.2) is 0 Å². The Morgan fingerprint density at radius 2 is 2.19 bits per heavy atom. The Morgan fingerprint density at radius 3 is 3.00 bits per heavy atom. The van der Waals surface area contributed by atoms with Crippen molar-refractivity contribution in [3.63, 3.8) is 0 Å². The molecule has 2 aromatic rings. The molecule has 0 radical (unpaired) electrons. The van der Waals surface area contributed by atoms with Crippen molar-refractivity contribution in [1.82, 2.24) is 4.98 Å². The summed E-state index contributed by atoms with van der Waals surface area (Å²) in [6.07, 6.45) is 1.68. The zero-order chi connectivity index (χ0) is 14.8. The van der Waals surface area contributed by atoms with E-state index in [0.717, 1.165) is 16.9 Å². The van der Waals surface area contributed by atoms with Crippen molar-refractivity contribution >= 4 is 34.5 Å². The van der Waals surface area contributed by atoms with Gasteiger partial charge in [0, 0.05) is 12.7 Å². The number of aromatic nitrogens is 1. The third-order valence-electron chi connectivity index (χ3n) is 3.30. The highest BCUT2D eigenvalue weighted by Crippen LogP contribution is 2.29. The fourth-order valence-electron chi connectivity index (χ4n) is 2.37. The van der Waals surface area contributed by atoms with Gasteiger partial charge in [0.05, 0.1) is 23.6 Å². The normalized spacial score (nSPS) is 13.5. The molecule has 0 fully saturated rings. The van der Waals surface area contributed by atoms with Gasteiger partial charge in [0.15, 0.2) is 0 Å². The largest absolute Gasteiger partial charge is 0.388 e. The molecule has 0 aliphatic carbocycles. The molecule has 0 saturated carbocycles. The summed E-state index contributed by atoms with van der Waals surface area (Å²) in [5, 5.41) is 2.87. The van der Waals surface area contributed by atoms with Crippen LogP contribution >= 0.6 is 12.2 Å². The van der Waals surface area contributed by atoms with Gasteiger partial charge in [-0.1, -0.05) is 24.4 Å². The number of nitrogens with two attached hydrogens (primary N) is 1. The molecule has 21 heavy (non-hydrogen) atoms. The topological polar surface area (TPSA) is 71.2 Å². The zero-order valence-electron chi connectivity index (χ0n) is 11.2. The van der Waals surface area contributed by atoms with Crippen LogP contribution in [0.2, 0.25) is 0 Å². The fraction of sp³-hybridized carbons (Fsp3) is 0.133. The lowest BCUT2D eigenvalue weighted by Crippen LogP contribution is -2.37. The van der Waals surface area contributed by atoms with E-state index in [1.165, 1.54) is 0 Å². The van der Waals surface area contributed by atoms with E-state index in [9.17, 15) is 4.79 Å². The van der Waals surface area contributed by atoms with Gasteiger partial charge in [-0.3, -0.25) is 9.78 Å². The number of para-hydroxylation sites is 2. The van der Waals surface area contributed by atoms with E-state index in [4.69, 9.17) is 18.0 Å². The second kappa shape index (κ2) is 5.49. The highest BCUT2D eigenvalue weighted by atomic mass is 32.1. The number of pyridine rings is 1. The maximum absolute atomic E-state index is 11.8. The molecule has 1 amide bonds. The predicted octanol–water partition coefficient (Wildman–Crippen LogP) is 1.67. The maximum atomic E-state index is 11.8. The van der Waals surface area contributed by atoms with Crippen molar-refractivity contribution in [2.75, 3.05) is 16.8 Å². The van der Waals surface area contributed by atoms with Crippen LogP contribution < -0.4 is 16.0 Å². The first kappa shape index (κ1) is 13.5. The first-order chi connectivity index (χ1) is 10.1. The third kappa shape index (κ3) is 2.85. The minimum absolute atomic E-state index is 0.0164. The lowest BCUT2D eigenvalue weighted by atomic mass is 10.1. The fourth-order valence-corrected chi connectivity index (χ4v) is 2.48. The number of nitrogens with zero attached hydrogens (tertiary/aromatic N) is 2. The Balaban J connectivity index is 1.90. The van der Waals surface area contributed by atoms with E-state index in [1.54, 1.807) is 6.20 Å². The number of benzene rings is 1. The number of amides is 1. The van der Waals surface area contributed by atoms with E-state index in [2.05, 4.69) is 10.3 Å². The van der Waals surface area contributed by atoms with E-state index in [-0.39, 0.29) is 10.9 Å². The SMILES string of the molecule is NC(=S)c1cc(CN2CC(=O)Nc3ccccc32)ccn1. The highest BCUT2D eigenvalue weighted by molar-refractivity contribution is 7.80. The summed E-state index contributed by atoms with van der Waals surface area (Å²) >= 11 is 4.95. The molecular formula is C15H14N4OS. The number of nitrogens with one attached hydrogen (secondary N) is 1. The minimum Gasteiger partial charge on any atom is -0.388 e. The van der Waals surface area contributed by atoms with Crippen LogP contribution in [0.5, 0.6) is 0 Å². The first-order valence-electron chi connectivity index (χ1n) is 6.52. The molecular weight excluding hydrogens is 284 g/mol. The highest BCUT2D eigenvalue weighted by Gasteiger charge is 2.21. The van der Waals surface area contributed by atoms with E-state index in [1.807, 2.05) is 41.3 Å². The molecule has 2 heterocycles. The second-order valence-corrected chi connectivity index (χ2v) is 5.27. The number of hydrogen-bond donors (Lipinski definition) is 2. The van der Waals surface area contributed by atoms with Gasteiger partial charge in [-0.05, 0) is 29.8 Å². The molecule has 6 heteroatoms. The molecule has 0 atom stereocenters. The smallest absolute Gasteiger partial charge is 0.243 e. The van der Waals surface area contributed by atoms with Crippen LogP contribution in [0.15, 0.2) is 42.6 Å². The van der Waals surface area contributed by atoms with Crippen LogP contribution in [0.3, 0.4) is 0 Å². The van der Waals surface area contributed by atoms with E-state index >= 15 is 0 Å². The molecule has 1 aromatic carbocycles. The van der Waals surface area contributed by atoms with Crippen molar-refractivity contribution in [1.29, 1.82) is 0 Å². The summed E-state index contributed by atoms with van der Waals surface area (Å²) < 4.78 is 0. The lowest BCUT2D eigenvalue weighted by Gasteiger charge is -2.30. The molecule has 106 valence electrons.